The van der Waals surface area contributed by atoms with Crippen LogP contribution in [0.15, 0.2) is 27.6 Å². The number of aryl methyl sites for hydroxylation is 1. The topological polar surface area (TPSA) is 53.9 Å². The fourth-order valence-corrected chi connectivity index (χ4v) is 3.70. The van der Waals surface area contributed by atoms with Gasteiger partial charge in [-0.25, -0.2) is 0 Å². The highest BCUT2D eigenvalue weighted by Gasteiger charge is 2.24. The van der Waals surface area contributed by atoms with Gasteiger partial charge in [0.1, 0.15) is 0 Å². The minimum atomic E-state index is -0.0678. The van der Waals surface area contributed by atoms with E-state index in [4.69, 9.17) is 0 Å². The summed E-state index contributed by atoms with van der Waals surface area (Å²) in [7, 11) is 2.12. The number of nitrogens with zero attached hydrogens (tertiary/aromatic N) is 3. The normalized spacial score (nSPS) is 19.5. The van der Waals surface area contributed by atoms with Crippen molar-refractivity contribution in [1.82, 2.24) is 19.7 Å². The average Bonchev–Trinajstić information content (AvgIpc) is 3.08. The number of aromatic nitrogens is 3. The van der Waals surface area contributed by atoms with Crippen LogP contribution in [0.25, 0.3) is 21.8 Å². The van der Waals surface area contributed by atoms with Gasteiger partial charge in [0.2, 0.25) is 0 Å². The third-order valence-electron chi connectivity index (χ3n) is 4.55. The Kier molecular flexibility index (Phi) is 3.13. The number of pyridine rings is 1. The van der Waals surface area contributed by atoms with E-state index in [0.29, 0.717) is 11.4 Å². The van der Waals surface area contributed by atoms with E-state index in [1.54, 1.807) is 6.20 Å². The SMILES string of the molecule is Cc1cc2[nH]c(=O)c3cnn([C@H]4CCN(C)C4)c3c2cc1Br. The van der Waals surface area contributed by atoms with Crippen LogP contribution in [0.1, 0.15) is 18.0 Å². The smallest absolute Gasteiger partial charge is 0.259 e. The highest BCUT2D eigenvalue weighted by molar-refractivity contribution is 9.10. The maximum Gasteiger partial charge on any atom is 0.259 e. The summed E-state index contributed by atoms with van der Waals surface area (Å²) in [5.74, 6) is 0. The van der Waals surface area contributed by atoms with E-state index in [-0.39, 0.29) is 5.56 Å². The number of hydrogen-bond donors (Lipinski definition) is 1. The van der Waals surface area contributed by atoms with E-state index in [2.05, 4.69) is 44.0 Å². The molecule has 1 saturated heterocycles. The Balaban J connectivity index is 2.07. The number of fused-ring (bicyclic) bond motifs is 3. The third-order valence-corrected chi connectivity index (χ3v) is 5.41. The van der Waals surface area contributed by atoms with Crippen molar-refractivity contribution in [2.75, 3.05) is 20.1 Å². The van der Waals surface area contributed by atoms with Crippen molar-refractivity contribution in [3.8, 4) is 0 Å². The molecule has 6 heteroatoms. The molecule has 1 aliphatic rings. The second-order valence-corrected chi connectivity index (χ2v) is 7.01. The Morgan fingerprint density at radius 2 is 2.18 bits per heavy atom. The molecular weight excluding hydrogens is 344 g/mol. The molecule has 0 radical (unpaired) electrons. The van der Waals surface area contributed by atoms with Crippen molar-refractivity contribution in [3.05, 3.63) is 38.7 Å². The van der Waals surface area contributed by atoms with Crippen LogP contribution in [0.2, 0.25) is 0 Å². The first-order chi connectivity index (χ1) is 10.5. The molecule has 0 saturated carbocycles. The molecule has 1 fully saturated rings. The van der Waals surface area contributed by atoms with Gasteiger partial charge in [0, 0.05) is 16.4 Å². The Labute approximate surface area is 136 Å². The average molecular weight is 361 g/mol. The van der Waals surface area contributed by atoms with Crippen LogP contribution >= 0.6 is 15.9 Å². The van der Waals surface area contributed by atoms with Gasteiger partial charge in [-0.3, -0.25) is 9.48 Å². The van der Waals surface area contributed by atoms with Gasteiger partial charge in [-0.05, 0) is 44.6 Å². The Bertz CT molecular complexity index is 943. The number of benzene rings is 1. The van der Waals surface area contributed by atoms with E-state index in [9.17, 15) is 4.79 Å². The highest BCUT2D eigenvalue weighted by atomic mass is 79.9. The Hall–Kier alpha value is -1.66. The van der Waals surface area contributed by atoms with Crippen molar-refractivity contribution in [1.29, 1.82) is 0 Å². The van der Waals surface area contributed by atoms with Gasteiger partial charge in [0.25, 0.3) is 5.56 Å². The van der Waals surface area contributed by atoms with E-state index in [1.807, 2.05) is 17.7 Å². The monoisotopic (exact) mass is 360 g/mol. The van der Waals surface area contributed by atoms with E-state index in [0.717, 1.165) is 46.0 Å². The lowest BCUT2D eigenvalue weighted by atomic mass is 10.1. The number of aromatic amines is 1. The van der Waals surface area contributed by atoms with Gasteiger partial charge in [-0.15, -0.1) is 0 Å². The van der Waals surface area contributed by atoms with Crippen molar-refractivity contribution in [2.24, 2.45) is 0 Å². The van der Waals surface area contributed by atoms with E-state index in [1.165, 1.54) is 0 Å². The quantitative estimate of drug-likeness (QED) is 0.725. The zero-order valence-electron chi connectivity index (χ0n) is 12.6. The van der Waals surface area contributed by atoms with E-state index >= 15 is 0 Å². The van der Waals surface area contributed by atoms with Crippen molar-refractivity contribution >= 4 is 37.7 Å². The molecule has 22 heavy (non-hydrogen) atoms. The summed E-state index contributed by atoms with van der Waals surface area (Å²) >= 11 is 3.60. The lowest BCUT2D eigenvalue weighted by Crippen LogP contribution is -2.17. The van der Waals surface area contributed by atoms with Crippen LogP contribution in [0.5, 0.6) is 0 Å². The molecule has 0 spiro atoms. The van der Waals surface area contributed by atoms with E-state index < -0.39 is 0 Å². The van der Waals surface area contributed by atoms with Gasteiger partial charge in [-0.1, -0.05) is 15.9 Å². The van der Waals surface area contributed by atoms with Crippen molar-refractivity contribution in [2.45, 2.75) is 19.4 Å². The Morgan fingerprint density at radius 3 is 2.91 bits per heavy atom. The number of halogens is 1. The van der Waals surface area contributed by atoms with Crippen LogP contribution in [-0.2, 0) is 0 Å². The molecule has 1 aromatic carbocycles. The van der Waals surface area contributed by atoms with Crippen molar-refractivity contribution < 1.29 is 0 Å². The summed E-state index contributed by atoms with van der Waals surface area (Å²) in [4.78, 5) is 17.6. The molecule has 2 aromatic heterocycles. The number of likely N-dealkylation sites (N-methyl/N-ethyl adjacent to an activating group) is 1. The number of H-pyrrole nitrogens is 1. The molecule has 0 aliphatic carbocycles. The fourth-order valence-electron chi connectivity index (χ4n) is 3.36. The van der Waals surface area contributed by atoms with Gasteiger partial charge >= 0.3 is 0 Å². The summed E-state index contributed by atoms with van der Waals surface area (Å²) in [6.45, 7) is 4.06. The first kappa shape index (κ1) is 14.0. The summed E-state index contributed by atoms with van der Waals surface area (Å²) in [6, 6.07) is 4.42. The maximum absolute atomic E-state index is 12.4. The largest absolute Gasteiger partial charge is 0.321 e. The van der Waals surface area contributed by atoms with Crippen LogP contribution in [0.3, 0.4) is 0 Å². The lowest BCUT2D eigenvalue weighted by Gasteiger charge is -2.14. The van der Waals surface area contributed by atoms with Crippen LogP contribution in [0.4, 0.5) is 0 Å². The molecule has 0 unspecified atom stereocenters. The van der Waals surface area contributed by atoms with Gasteiger partial charge in [-0.2, -0.15) is 5.10 Å². The molecule has 0 amide bonds. The standard InChI is InChI=1S/C16H17BrN4O/c1-9-5-14-11(6-13(9)17)15-12(16(22)19-14)7-18-21(15)10-3-4-20(2)8-10/h5-7,10H,3-4,8H2,1-2H3,(H,19,22)/t10-/m0/s1. The van der Waals surface area contributed by atoms with Crippen LogP contribution in [0, 0.1) is 6.92 Å². The predicted molar refractivity (Wildman–Crippen MR) is 91.4 cm³/mol. The van der Waals surface area contributed by atoms with Gasteiger partial charge in [0.05, 0.1) is 28.7 Å². The van der Waals surface area contributed by atoms with Crippen LogP contribution in [-0.4, -0.2) is 39.8 Å². The summed E-state index contributed by atoms with van der Waals surface area (Å²) in [5.41, 5.74) is 2.85. The summed E-state index contributed by atoms with van der Waals surface area (Å²) < 4.78 is 3.09. The first-order valence-electron chi connectivity index (χ1n) is 7.42. The second kappa shape index (κ2) is 4.93. The molecule has 1 aliphatic heterocycles. The highest BCUT2D eigenvalue weighted by Crippen LogP contribution is 2.30. The molecule has 1 N–H and O–H groups in total. The zero-order chi connectivity index (χ0) is 15.4. The number of likely N-dealkylation sites (tertiary alicyclic amines) is 1. The fraction of sp³-hybridized carbons (Fsp3) is 0.375. The second-order valence-electron chi connectivity index (χ2n) is 6.16. The maximum atomic E-state index is 12.4. The minimum absolute atomic E-state index is 0.0678. The summed E-state index contributed by atoms with van der Waals surface area (Å²) in [6.07, 6.45) is 2.76. The molecule has 114 valence electrons. The molecule has 5 nitrogen and oxygen atoms in total. The third kappa shape index (κ3) is 2.01. The summed E-state index contributed by atoms with van der Waals surface area (Å²) in [5, 5.41) is 6.24. The van der Waals surface area contributed by atoms with Gasteiger partial charge < -0.3 is 9.88 Å². The molecule has 3 aromatic rings. The zero-order valence-corrected chi connectivity index (χ0v) is 14.1. The Morgan fingerprint density at radius 1 is 1.36 bits per heavy atom. The minimum Gasteiger partial charge on any atom is -0.321 e. The van der Waals surface area contributed by atoms with Gasteiger partial charge in [0.15, 0.2) is 0 Å². The molecular formula is C16H17BrN4O. The van der Waals surface area contributed by atoms with Crippen LogP contribution < -0.4 is 5.56 Å². The number of rotatable bonds is 1. The molecule has 4 rings (SSSR count). The number of nitrogens with one attached hydrogen (secondary N) is 1. The lowest BCUT2D eigenvalue weighted by molar-refractivity contribution is 0.386. The van der Waals surface area contributed by atoms with Crippen molar-refractivity contribution in [3.63, 3.8) is 0 Å². The molecule has 0 bridgehead atoms. The molecule has 3 heterocycles. The first-order valence-corrected chi connectivity index (χ1v) is 8.22. The number of hydrogen-bond acceptors (Lipinski definition) is 3. The molecule has 1 atom stereocenters. The predicted octanol–water partition coefficient (Wildman–Crippen LogP) is 2.83.